The van der Waals surface area contributed by atoms with Gasteiger partial charge in [0, 0.05) is 25.2 Å². The maximum atomic E-state index is 12.1. The molecule has 0 unspecified atom stereocenters. The third kappa shape index (κ3) is 3.13. The average molecular weight is 302 g/mol. The Bertz CT molecular complexity index is 705. The molecule has 0 aliphatic carbocycles. The Morgan fingerprint density at radius 1 is 1.32 bits per heavy atom. The Hall–Kier alpha value is -1.92. The first-order chi connectivity index (χ1) is 10.6. The van der Waals surface area contributed by atoms with Crippen LogP contribution in [0.4, 0.5) is 5.95 Å². The highest BCUT2D eigenvalue weighted by molar-refractivity contribution is 5.78. The van der Waals surface area contributed by atoms with E-state index in [9.17, 15) is 4.79 Å². The number of aromatic nitrogens is 2. The molecule has 2 heterocycles. The van der Waals surface area contributed by atoms with Crippen molar-refractivity contribution < 1.29 is 4.74 Å². The van der Waals surface area contributed by atoms with Crippen LogP contribution in [0.1, 0.15) is 13.8 Å². The van der Waals surface area contributed by atoms with Gasteiger partial charge in [-0.05, 0) is 26.0 Å². The lowest BCUT2D eigenvalue weighted by molar-refractivity contribution is -0.00572. The second-order valence-electron chi connectivity index (χ2n) is 6.20. The number of hydrogen-bond donors (Lipinski definition) is 2. The minimum Gasteiger partial charge on any atom is -0.379 e. The first-order valence-corrected chi connectivity index (χ1v) is 7.62. The first-order valence-electron chi connectivity index (χ1n) is 7.62. The Balaban J connectivity index is 1.74. The molecule has 1 aliphatic rings. The molecule has 0 saturated carbocycles. The van der Waals surface area contributed by atoms with Gasteiger partial charge in [-0.2, -0.15) is 0 Å². The lowest BCUT2D eigenvalue weighted by Gasteiger charge is -2.40. The van der Waals surface area contributed by atoms with Gasteiger partial charge < -0.3 is 10.1 Å². The van der Waals surface area contributed by atoms with Gasteiger partial charge in [0.05, 0.1) is 24.1 Å². The summed E-state index contributed by atoms with van der Waals surface area (Å²) in [7, 11) is 0. The van der Waals surface area contributed by atoms with Crippen molar-refractivity contribution >= 4 is 16.9 Å². The fraction of sp³-hybridized carbons (Fsp3) is 0.500. The van der Waals surface area contributed by atoms with Crippen molar-refractivity contribution in [1.29, 1.82) is 0 Å². The van der Waals surface area contributed by atoms with Crippen molar-refractivity contribution in [3.05, 3.63) is 34.6 Å². The second-order valence-corrected chi connectivity index (χ2v) is 6.20. The molecule has 2 aromatic rings. The lowest BCUT2D eigenvalue weighted by atomic mass is 10.0. The van der Waals surface area contributed by atoms with E-state index in [1.807, 2.05) is 18.2 Å². The van der Waals surface area contributed by atoms with Gasteiger partial charge in [0.2, 0.25) is 5.95 Å². The minimum absolute atomic E-state index is 0.0337. The van der Waals surface area contributed by atoms with Gasteiger partial charge in [0.25, 0.3) is 5.56 Å². The van der Waals surface area contributed by atoms with E-state index in [0.29, 0.717) is 23.4 Å². The number of morpholine rings is 1. The Kier molecular flexibility index (Phi) is 4.13. The number of aromatic amines is 1. The van der Waals surface area contributed by atoms with Gasteiger partial charge in [-0.15, -0.1) is 0 Å². The van der Waals surface area contributed by atoms with Crippen LogP contribution in [-0.2, 0) is 4.74 Å². The largest absolute Gasteiger partial charge is 0.379 e. The molecular formula is C16H22N4O2. The Morgan fingerprint density at radius 3 is 2.82 bits per heavy atom. The van der Waals surface area contributed by atoms with Crippen LogP contribution in [0.3, 0.4) is 0 Å². The minimum atomic E-state index is -0.114. The zero-order valence-corrected chi connectivity index (χ0v) is 13.1. The standard InChI is InChI=1S/C16H22N4O2/c1-16(2,20-7-9-22-10-8-20)11-17-15-18-13-6-4-3-5-12(13)14(21)19-15/h3-6H,7-11H2,1-2H3,(H2,17,18,19,21). The summed E-state index contributed by atoms with van der Waals surface area (Å²) in [5, 5.41) is 3.88. The zero-order valence-electron chi connectivity index (χ0n) is 13.1. The number of para-hydroxylation sites is 1. The molecule has 0 bridgehead atoms. The van der Waals surface area contributed by atoms with Gasteiger partial charge in [-0.3, -0.25) is 14.7 Å². The molecule has 1 aliphatic heterocycles. The highest BCUT2D eigenvalue weighted by Crippen LogP contribution is 2.17. The molecular weight excluding hydrogens is 280 g/mol. The monoisotopic (exact) mass is 302 g/mol. The number of fused-ring (bicyclic) bond motifs is 1. The number of nitrogens with one attached hydrogen (secondary N) is 2. The van der Waals surface area contributed by atoms with E-state index in [2.05, 4.69) is 34.0 Å². The van der Waals surface area contributed by atoms with E-state index < -0.39 is 0 Å². The van der Waals surface area contributed by atoms with E-state index in [0.717, 1.165) is 26.3 Å². The molecule has 0 amide bonds. The molecule has 1 aromatic heterocycles. The van der Waals surface area contributed by atoms with Crippen LogP contribution in [0.5, 0.6) is 0 Å². The molecule has 3 rings (SSSR count). The van der Waals surface area contributed by atoms with Gasteiger partial charge >= 0.3 is 0 Å². The van der Waals surface area contributed by atoms with E-state index in [4.69, 9.17) is 4.74 Å². The maximum absolute atomic E-state index is 12.1. The van der Waals surface area contributed by atoms with E-state index in [1.54, 1.807) is 6.07 Å². The van der Waals surface area contributed by atoms with Crippen LogP contribution in [0.2, 0.25) is 0 Å². The smallest absolute Gasteiger partial charge is 0.260 e. The number of H-pyrrole nitrogens is 1. The summed E-state index contributed by atoms with van der Waals surface area (Å²) in [5.41, 5.74) is 0.559. The molecule has 0 radical (unpaired) electrons. The van der Waals surface area contributed by atoms with Crippen molar-refractivity contribution in [3.63, 3.8) is 0 Å². The second kappa shape index (κ2) is 6.06. The normalized spacial score (nSPS) is 16.8. The quantitative estimate of drug-likeness (QED) is 0.894. The van der Waals surface area contributed by atoms with E-state index in [1.165, 1.54) is 0 Å². The topological polar surface area (TPSA) is 70.2 Å². The number of rotatable bonds is 4. The van der Waals surface area contributed by atoms with E-state index >= 15 is 0 Å². The van der Waals surface area contributed by atoms with Gasteiger partial charge in [-0.25, -0.2) is 4.98 Å². The molecule has 22 heavy (non-hydrogen) atoms. The van der Waals surface area contributed by atoms with Crippen molar-refractivity contribution in [2.45, 2.75) is 19.4 Å². The molecule has 0 atom stereocenters. The van der Waals surface area contributed by atoms with Crippen LogP contribution < -0.4 is 10.9 Å². The fourth-order valence-electron chi connectivity index (χ4n) is 2.75. The summed E-state index contributed by atoms with van der Waals surface area (Å²) in [6.45, 7) is 8.47. The van der Waals surface area contributed by atoms with Crippen molar-refractivity contribution in [2.75, 3.05) is 38.2 Å². The van der Waals surface area contributed by atoms with Crippen LogP contribution >= 0.6 is 0 Å². The van der Waals surface area contributed by atoms with Crippen LogP contribution in [0, 0.1) is 0 Å². The number of hydrogen-bond acceptors (Lipinski definition) is 5. The lowest BCUT2D eigenvalue weighted by Crippen LogP contribution is -2.53. The average Bonchev–Trinajstić information content (AvgIpc) is 2.54. The van der Waals surface area contributed by atoms with Crippen LogP contribution in [0.25, 0.3) is 10.9 Å². The highest BCUT2D eigenvalue weighted by Gasteiger charge is 2.28. The third-order valence-electron chi connectivity index (χ3n) is 4.17. The van der Waals surface area contributed by atoms with Gasteiger partial charge in [0.15, 0.2) is 0 Å². The number of nitrogens with zero attached hydrogens (tertiary/aromatic N) is 2. The summed E-state index contributed by atoms with van der Waals surface area (Å²) < 4.78 is 5.40. The van der Waals surface area contributed by atoms with Crippen molar-refractivity contribution in [3.8, 4) is 0 Å². The van der Waals surface area contributed by atoms with Gasteiger partial charge in [-0.1, -0.05) is 12.1 Å². The molecule has 0 spiro atoms. The molecule has 1 fully saturated rings. The highest BCUT2D eigenvalue weighted by atomic mass is 16.5. The maximum Gasteiger partial charge on any atom is 0.260 e. The number of anilines is 1. The molecule has 6 nitrogen and oxygen atoms in total. The summed E-state index contributed by atoms with van der Waals surface area (Å²) in [4.78, 5) is 21.7. The molecule has 6 heteroatoms. The number of ether oxygens (including phenoxy) is 1. The Labute approximate surface area is 129 Å². The summed E-state index contributed by atoms with van der Waals surface area (Å²) in [6.07, 6.45) is 0. The van der Waals surface area contributed by atoms with Gasteiger partial charge in [0.1, 0.15) is 0 Å². The SMILES string of the molecule is CC(C)(CNc1nc2ccccc2c(=O)[nH]1)N1CCOCC1. The Morgan fingerprint density at radius 2 is 2.05 bits per heavy atom. The van der Waals surface area contributed by atoms with Crippen LogP contribution in [-0.4, -0.2) is 53.3 Å². The molecule has 2 N–H and O–H groups in total. The molecule has 118 valence electrons. The summed E-state index contributed by atoms with van der Waals surface area (Å²) in [6, 6.07) is 7.36. The molecule has 1 saturated heterocycles. The fourth-order valence-corrected chi connectivity index (χ4v) is 2.75. The first kappa shape index (κ1) is 15.0. The van der Waals surface area contributed by atoms with Crippen molar-refractivity contribution in [1.82, 2.24) is 14.9 Å². The summed E-state index contributed by atoms with van der Waals surface area (Å²) in [5.74, 6) is 0.519. The predicted octanol–water partition coefficient (Wildman–Crippen LogP) is 1.45. The summed E-state index contributed by atoms with van der Waals surface area (Å²) >= 11 is 0. The zero-order chi connectivity index (χ0) is 15.6. The van der Waals surface area contributed by atoms with Crippen molar-refractivity contribution in [2.24, 2.45) is 0 Å². The third-order valence-corrected chi connectivity index (χ3v) is 4.17. The van der Waals surface area contributed by atoms with E-state index in [-0.39, 0.29) is 11.1 Å². The number of benzene rings is 1. The van der Waals surface area contributed by atoms with Crippen LogP contribution in [0.15, 0.2) is 29.1 Å². The molecule has 1 aromatic carbocycles. The predicted molar refractivity (Wildman–Crippen MR) is 87.3 cm³/mol.